The fourth-order valence-electron chi connectivity index (χ4n) is 3.63. The van der Waals surface area contributed by atoms with E-state index in [1.54, 1.807) is 0 Å². The molecule has 1 aliphatic carbocycles. The number of rotatable bonds is 4. The Morgan fingerprint density at radius 1 is 0.933 bits per heavy atom. The number of amides is 1. The molecular formula is C23H30F3N3O. The van der Waals surface area contributed by atoms with E-state index >= 15 is 0 Å². The molecule has 0 aromatic heterocycles. The standard InChI is InChI=1S/C23H30F3N3O/c24-23(25,26)19-12-14-20(15-13-19)28-17-18(16-27)22(30)29-21-10-8-6-4-2-1-3-5-7-9-11-21/h12-15,17,21,28H,1-11H2,(H,29,30)/b18-17-. The number of nitrogens with one attached hydrogen (secondary N) is 2. The number of anilines is 1. The summed E-state index contributed by atoms with van der Waals surface area (Å²) in [5.74, 6) is -0.450. The summed E-state index contributed by atoms with van der Waals surface area (Å²) in [6.45, 7) is 0. The number of carbonyl (C=O) groups is 1. The molecule has 0 saturated heterocycles. The Hall–Kier alpha value is -2.49. The van der Waals surface area contributed by atoms with Crippen LogP contribution < -0.4 is 10.6 Å². The van der Waals surface area contributed by atoms with Crippen LogP contribution in [0.2, 0.25) is 0 Å². The van der Waals surface area contributed by atoms with Gasteiger partial charge in [0.1, 0.15) is 11.6 Å². The quantitative estimate of drug-likeness (QED) is 0.442. The lowest BCUT2D eigenvalue weighted by Gasteiger charge is -2.19. The molecule has 0 radical (unpaired) electrons. The molecule has 1 saturated carbocycles. The van der Waals surface area contributed by atoms with Gasteiger partial charge in [0.2, 0.25) is 0 Å². The third-order valence-electron chi connectivity index (χ3n) is 5.40. The zero-order valence-corrected chi connectivity index (χ0v) is 17.2. The predicted molar refractivity (Wildman–Crippen MR) is 111 cm³/mol. The highest BCUT2D eigenvalue weighted by atomic mass is 19.4. The molecule has 0 aliphatic heterocycles. The van der Waals surface area contributed by atoms with Crippen LogP contribution in [0.3, 0.4) is 0 Å². The molecule has 0 unspecified atom stereocenters. The van der Waals surface area contributed by atoms with E-state index in [4.69, 9.17) is 0 Å². The summed E-state index contributed by atoms with van der Waals surface area (Å²) in [5.41, 5.74) is -0.478. The maximum Gasteiger partial charge on any atom is 0.416 e. The van der Waals surface area contributed by atoms with Crippen LogP contribution in [0.15, 0.2) is 36.0 Å². The second-order valence-corrected chi connectivity index (χ2v) is 7.82. The summed E-state index contributed by atoms with van der Waals surface area (Å²) in [5, 5.41) is 15.0. The second kappa shape index (κ2) is 12.3. The first kappa shape index (κ1) is 23.8. The Bertz CT molecular complexity index is 724. The molecule has 0 atom stereocenters. The topological polar surface area (TPSA) is 64.9 Å². The lowest BCUT2D eigenvalue weighted by atomic mass is 9.98. The highest BCUT2D eigenvalue weighted by Gasteiger charge is 2.29. The SMILES string of the molecule is N#C/C(=C/Nc1ccc(C(F)(F)F)cc1)C(=O)NC1CCCCCCCCCCC1. The van der Waals surface area contributed by atoms with Gasteiger partial charge in [-0.1, -0.05) is 57.8 Å². The van der Waals surface area contributed by atoms with Gasteiger partial charge in [0.25, 0.3) is 5.91 Å². The summed E-state index contributed by atoms with van der Waals surface area (Å²) in [7, 11) is 0. The van der Waals surface area contributed by atoms with Crippen LogP contribution in [0.5, 0.6) is 0 Å². The Balaban J connectivity index is 1.93. The summed E-state index contributed by atoms with van der Waals surface area (Å²) in [6, 6.07) is 6.34. The van der Waals surface area contributed by atoms with Crippen LogP contribution in [-0.2, 0) is 11.0 Å². The van der Waals surface area contributed by atoms with Crippen molar-refractivity contribution in [1.29, 1.82) is 5.26 Å². The minimum Gasteiger partial charge on any atom is -0.360 e. The summed E-state index contributed by atoms with van der Waals surface area (Å²) in [6.07, 6.45) is 9.36. The van der Waals surface area contributed by atoms with Gasteiger partial charge in [0.05, 0.1) is 5.56 Å². The smallest absolute Gasteiger partial charge is 0.360 e. The van der Waals surface area contributed by atoms with Crippen LogP contribution in [0.25, 0.3) is 0 Å². The van der Waals surface area contributed by atoms with Crippen molar-refractivity contribution in [2.75, 3.05) is 5.32 Å². The Morgan fingerprint density at radius 3 is 1.90 bits per heavy atom. The summed E-state index contributed by atoms with van der Waals surface area (Å²) >= 11 is 0. The fraction of sp³-hybridized carbons (Fsp3) is 0.565. The molecule has 2 N–H and O–H groups in total. The lowest BCUT2D eigenvalue weighted by Crippen LogP contribution is -2.35. The fourth-order valence-corrected chi connectivity index (χ4v) is 3.63. The molecule has 164 valence electrons. The largest absolute Gasteiger partial charge is 0.416 e. The highest BCUT2D eigenvalue weighted by molar-refractivity contribution is 5.97. The van der Waals surface area contributed by atoms with Crippen LogP contribution in [-0.4, -0.2) is 11.9 Å². The van der Waals surface area contributed by atoms with Crippen molar-refractivity contribution in [3.8, 4) is 6.07 Å². The first-order valence-electron chi connectivity index (χ1n) is 10.7. The summed E-state index contributed by atoms with van der Waals surface area (Å²) < 4.78 is 37.9. The van der Waals surface area contributed by atoms with Crippen molar-refractivity contribution >= 4 is 11.6 Å². The van der Waals surface area contributed by atoms with Crippen molar-refractivity contribution in [3.05, 3.63) is 41.6 Å². The molecule has 0 spiro atoms. The average molecular weight is 422 g/mol. The highest BCUT2D eigenvalue weighted by Crippen LogP contribution is 2.29. The van der Waals surface area contributed by atoms with Crippen molar-refractivity contribution in [1.82, 2.24) is 5.32 Å². The number of carbonyl (C=O) groups excluding carboxylic acids is 1. The van der Waals surface area contributed by atoms with Gasteiger partial charge in [-0.3, -0.25) is 4.79 Å². The Kier molecular flexibility index (Phi) is 9.72. The number of nitrogens with zero attached hydrogens (tertiary/aromatic N) is 1. The van der Waals surface area contributed by atoms with E-state index in [1.807, 2.05) is 6.07 Å². The molecule has 1 aromatic rings. The minimum atomic E-state index is -4.40. The van der Waals surface area contributed by atoms with Crippen molar-refractivity contribution < 1.29 is 18.0 Å². The molecule has 0 heterocycles. The van der Waals surface area contributed by atoms with Gasteiger partial charge in [0, 0.05) is 17.9 Å². The number of halogens is 3. The van der Waals surface area contributed by atoms with Crippen LogP contribution in [0, 0.1) is 11.3 Å². The normalized spacial score (nSPS) is 17.9. The van der Waals surface area contributed by atoms with Crippen LogP contribution in [0.4, 0.5) is 18.9 Å². The Morgan fingerprint density at radius 2 is 1.43 bits per heavy atom. The molecular weight excluding hydrogens is 391 g/mol. The molecule has 4 nitrogen and oxygen atoms in total. The number of alkyl halides is 3. The maximum absolute atomic E-state index is 12.6. The molecule has 0 bridgehead atoms. The van der Waals surface area contributed by atoms with Gasteiger partial charge in [0.15, 0.2) is 0 Å². The summed E-state index contributed by atoms with van der Waals surface area (Å²) in [4.78, 5) is 12.5. The molecule has 7 heteroatoms. The molecule has 1 amide bonds. The number of hydrogen-bond acceptors (Lipinski definition) is 3. The van der Waals surface area contributed by atoms with Gasteiger partial charge in [-0.25, -0.2) is 0 Å². The van der Waals surface area contributed by atoms with E-state index in [9.17, 15) is 23.2 Å². The number of nitriles is 1. The van der Waals surface area contributed by atoms with E-state index in [2.05, 4.69) is 10.6 Å². The Labute approximate surface area is 176 Å². The van der Waals surface area contributed by atoms with Gasteiger partial charge in [-0.2, -0.15) is 18.4 Å². The van der Waals surface area contributed by atoms with E-state index in [-0.39, 0.29) is 11.6 Å². The molecule has 1 fully saturated rings. The van der Waals surface area contributed by atoms with Crippen LogP contribution >= 0.6 is 0 Å². The van der Waals surface area contributed by atoms with Gasteiger partial charge < -0.3 is 10.6 Å². The van der Waals surface area contributed by atoms with E-state index in [0.717, 1.165) is 50.7 Å². The van der Waals surface area contributed by atoms with Crippen molar-refractivity contribution in [3.63, 3.8) is 0 Å². The van der Waals surface area contributed by atoms with Gasteiger partial charge in [-0.15, -0.1) is 0 Å². The molecule has 30 heavy (non-hydrogen) atoms. The molecule has 1 aliphatic rings. The first-order valence-corrected chi connectivity index (χ1v) is 10.7. The van der Waals surface area contributed by atoms with Crippen molar-refractivity contribution in [2.45, 2.75) is 82.8 Å². The number of hydrogen-bond donors (Lipinski definition) is 2. The predicted octanol–water partition coefficient (Wildman–Crippen LogP) is 6.31. The maximum atomic E-state index is 12.6. The zero-order valence-electron chi connectivity index (χ0n) is 17.2. The van der Waals surface area contributed by atoms with E-state index in [0.29, 0.717) is 5.69 Å². The molecule has 2 rings (SSSR count). The van der Waals surface area contributed by atoms with Crippen molar-refractivity contribution in [2.24, 2.45) is 0 Å². The van der Waals surface area contributed by atoms with E-state index in [1.165, 1.54) is 50.4 Å². The first-order chi connectivity index (χ1) is 14.4. The zero-order chi connectivity index (χ0) is 21.8. The monoisotopic (exact) mass is 421 g/mol. The minimum absolute atomic E-state index is 0.0414. The van der Waals surface area contributed by atoms with Crippen LogP contribution in [0.1, 0.15) is 76.2 Å². The molecule has 1 aromatic carbocycles. The van der Waals surface area contributed by atoms with E-state index < -0.39 is 17.6 Å². The van der Waals surface area contributed by atoms with Gasteiger partial charge >= 0.3 is 6.18 Å². The number of benzene rings is 1. The third-order valence-corrected chi connectivity index (χ3v) is 5.40. The third kappa shape index (κ3) is 8.48. The lowest BCUT2D eigenvalue weighted by molar-refractivity contribution is -0.137. The second-order valence-electron chi connectivity index (χ2n) is 7.82. The average Bonchev–Trinajstić information content (AvgIpc) is 2.70. The van der Waals surface area contributed by atoms with Gasteiger partial charge in [-0.05, 0) is 37.1 Å².